The third-order valence-corrected chi connectivity index (χ3v) is 3.93. The zero-order chi connectivity index (χ0) is 15.6. The fraction of sp³-hybridized carbons (Fsp3) is 0. The fourth-order valence-corrected chi connectivity index (χ4v) is 2.81. The summed E-state index contributed by atoms with van der Waals surface area (Å²) in [5.74, 6) is 0.277. The minimum Gasteiger partial charge on any atom is -0.422 e. The molecule has 4 aromatic carbocycles. The zero-order valence-corrected chi connectivity index (χ0v) is 12.4. The molecular weight excluding hydrogens is 284 g/mol. The lowest BCUT2D eigenvalue weighted by Crippen LogP contribution is -2.08. The predicted molar refractivity (Wildman–Crippen MR) is 92.9 cm³/mol. The lowest BCUT2D eigenvalue weighted by molar-refractivity contribution is 0.0739. The van der Waals surface area contributed by atoms with E-state index in [0.29, 0.717) is 11.3 Å². The number of carbonyl (C=O) groups excluding carboxylic acids is 1. The van der Waals surface area contributed by atoms with Crippen molar-refractivity contribution < 1.29 is 9.53 Å². The minimum absolute atomic E-state index is 0.341. The number of benzene rings is 4. The fourth-order valence-electron chi connectivity index (χ4n) is 2.81. The van der Waals surface area contributed by atoms with Gasteiger partial charge in [0.25, 0.3) is 0 Å². The van der Waals surface area contributed by atoms with Crippen molar-refractivity contribution >= 4 is 27.5 Å². The molecule has 2 nitrogen and oxygen atoms in total. The van der Waals surface area contributed by atoms with Crippen molar-refractivity contribution in [1.29, 1.82) is 0 Å². The summed E-state index contributed by atoms with van der Waals surface area (Å²) in [7, 11) is 0. The third kappa shape index (κ3) is 2.44. The van der Waals surface area contributed by atoms with Gasteiger partial charge >= 0.3 is 5.97 Å². The topological polar surface area (TPSA) is 26.3 Å². The Kier molecular flexibility index (Phi) is 3.28. The summed E-state index contributed by atoms with van der Waals surface area (Å²) in [5, 5.41) is 4.00. The van der Waals surface area contributed by atoms with Gasteiger partial charge in [-0.05, 0) is 29.0 Å². The van der Waals surface area contributed by atoms with Gasteiger partial charge in [-0.1, -0.05) is 66.7 Å². The van der Waals surface area contributed by atoms with Gasteiger partial charge in [-0.25, -0.2) is 4.79 Å². The van der Waals surface area contributed by atoms with E-state index >= 15 is 0 Å². The SMILES string of the molecule is O=C(Oc1c2ccccc2cc2ccccc12)c1ccccc1. The van der Waals surface area contributed by atoms with Gasteiger partial charge in [-0.2, -0.15) is 0 Å². The molecule has 0 unspecified atom stereocenters. The maximum absolute atomic E-state index is 12.5. The second kappa shape index (κ2) is 5.58. The Morgan fingerprint density at radius 2 is 1.17 bits per heavy atom. The molecule has 0 saturated carbocycles. The summed E-state index contributed by atoms with van der Waals surface area (Å²) in [6.07, 6.45) is 0. The molecule has 0 N–H and O–H groups in total. The van der Waals surface area contributed by atoms with Crippen molar-refractivity contribution in [2.24, 2.45) is 0 Å². The number of carbonyl (C=O) groups is 1. The molecule has 110 valence electrons. The predicted octanol–water partition coefficient (Wildman–Crippen LogP) is 5.21. The van der Waals surface area contributed by atoms with E-state index in [9.17, 15) is 4.79 Å². The van der Waals surface area contributed by atoms with Gasteiger partial charge in [0.2, 0.25) is 0 Å². The van der Waals surface area contributed by atoms with Crippen molar-refractivity contribution in [3.05, 3.63) is 90.5 Å². The second-order valence-electron chi connectivity index (χ2n) is 5.40. The first-order valence-electron chi connectivity index (χ1n) is 7.51. The molecule has 0 aliphatic rings. The molecule has 0 fully saturated rings. The van der Waals surface area contributed by atoms with Gasteiger partial charge in [-0.3, -0.25) is 0 Å². The highest BCUT2D eigenvalue weighted by molar-refractivity contribution is 6.07. The molecule has 0 bridgehead atoms. The molecule has 0 aliphatic carbocycles. The Balaban J connectivity index is 1.91. The van der Waals surface area contributed by atoms with Gasteiger partial charge in [0.05, 0.1) is 5.56 Å². The molecule has 0 aromatic heterocycles. The lowest BCUT2D eigenvalue weighted by Gasteiger charge is -2.11. The molecule has 0 heterocycles. The van der Waals surface area contributed by atoms with Gasteiger partial charge in [-0.15, -0.1) is 0 Å². The molecule has 0 saturated heterocycles. The van der Waals surface area contributed by atoms with Crippen molar-refractivity contribution in [1.82, 2.24) is 0 Å². The van der Waals surface area contributed by atoms with E-state index in [1.165, 1.54) is 0 Å². The maximum atomic E-state index is 12.5. The summed E-state index contributed by atoms with van der Waals surface area (Å²) in [6, 6.07) is 27.1. The van der Waals surface area contributed by atoms with Crippen LogP contribution in [-0.2, 0) is 0 Å². The van der Waals surface area contributed by atoms with Crippen LogP contribution in [0.3, 0.4) is 0 Å². The van der Waals surface area contributed by atoms with Crippen LogP contribution in [-0.4, -0.2) is 5.97 Å². The molecule has 0 atom stereocenters. The Labute approximate surface area is 133 Å². The highest BCUT2D eigenvalue weighted by Gasteiger charge is 2.14. The second-order valence-corrected chi connectivity index (χ2v) is 5.40. The molecule has 23 heavy (non-hydrogen) atoms. The van der Waals surface area contributed by atoms with Crippen LogP contribution in [0.25, 0.3) is 21.5 Å². The molecule has 0 radical (unpaired) electrons. The van der Waals surface area contributed by atoms with E-state index in [1.807, 2.05) is 66.7 Å². The first-order valence-corrected chi connectivity index (χ1v) is 7.51. The van der Waals surface area contributed by atoms with E-state index < -0.39 is 0 Å². The summed E-state index contributed by atoms with van der Waals surface area (Å²) in [4.78, 5) is 12.5. The van der Waals surface area contributed by atoms with E-state index in [1.54, 1.807) is 12.1 Å². The number of hydrogen-bond acceptors (Lipinski definition) is 2. The number of esters is 1. The smallest absolute Gasteiger partial charge is 0.343 e. The van der Waals surface area contributed by atoms with Gasteiger partial charge < -0.3 is 4.74 Å². The maximum Gasteiger partial charge on any atom is 0.343 e. The Morgan fingerprint density at radius 3 is 1.78 bits per heavy atom. The van der Waals surface area contributed by atoms with Crippen LogP contribution >= 0.6 is 0 Å². The van der Waals surface area contributed by atoms with Crippen LogP contribution in [0.1, 0.15) is 10.4 Å². The summed E-state index contributed by atoms with van der Waals surface area (Å²) in [6.45, 7) is 0. The largest absolute Gasteiger partial charge is 0.422 e. The standard InChI is InChI=1S/C21H14O2/c22-21(15-8-2-1-3-9-15)23-20-18-12-6-4-10-16(18)14-17-11-5-7-13-19(17)20/h1-14H. The summed E-state index contributed by atoms with van der Waals surface area (Å²) >= 11 is 0. The van der Waals surface area contributed by atoms with Crippen molar-refractivity contribution in [3.63, 3.8) is 0 Å². The zero-order valence-electron chi connectivity index (χ0n) is 12.4. The number of ether oxygens (including phenoxy) is 1. The van der Waals surface area contributed by atoms with E-state index in [4.69, 9.17) is 4.74 Å². The summed E-state index contributed by atoms with van der Waals surface area (Å²) < 4.78 is 5.79. The number of fused-ring (bicyclic) bond motifs is 2. The highest BCUT2D eigenvalue weighted by Crippen LogP contribution is 2.35. The van der Waals surface area contributed by atoms with Crippen molar-refractivity contribution in [2.75, 3.05) is 0 Å². The number of rotatable bonds is 2. The van der Waals surface area contributed by atoms with E-state index in [-0.39, 0.29) is 5.97 Å². The molecule has 4 rings (SSSR count). The Bertz CT molecular complexity index is 950. The Hall–Kier alpha value is -3.13. The van der Waals surface area contributed by atoms with Crippen LogP contribution in [0.2, 0.25) is 0 Å². The van der Waals surface area contributed by atoms with Gasteiger partial charge in [0, 0.05) is 10.8 Å². The molecular formula is C21H14O2. The highest BCUT2D eigenvalue weighted by atomic mass is 16.5. The van der Waals surface area contributed by atoms with Crippen LogP contribution in [0.4, 0.5) is 0 Å². The van der Waals surface area contributed by atoms with Gasteiger partial charge in [0.1, 0.15) is 5.75 Å². The van der Waals surface area contributed by atoms with Crippen LogP contribution in [0, 0.1) is 0 Å². The third-order valence-electron chi connectivity index (χ3n) is 3.93. The average molecular weight is 298 g/mol. The molecule has 2 heteroatoms. The van der Waals surface area contributed by atoms with E-state index in [2.05, 4.69) is 6.07 Å². The van der Waals surface area contributed by atoms with Gasteiger partial charge in [0.15, 0.2) is 0 Å². The first-order chi connectivity index (χ1) is 11.3. The molecule has 0 amide bonds. The lowest BCUT2D eigenvalue weighted by atomic mass is 10.0. The number of hydrogen-bond donors (Lipinski definition) is 0. The van der Waals surface area contributed by atoms with E-state index in [0.717, 1.165) is 21.5 Å². The van der Waals surface area contributed by atoms with Crippen molar-refractivity contribution in [3.8, 4) is 5.75 Å². The molecule has 0 aliphatic heterocycles. The monoisotopic (exact) mass is 298 g/mol. The average Bonchev–Trinajstić information content (AvgIpc) is 2.62. The molecule has 4 aromatic rings. The van der Waals surface area contributed by atoms with Crippen LogP contribution in [0.15, 0.2) is 84.9 Å². The summed E-state index contributed by atoms with van der Waals surface area (Å²) in [5.41, 5.74) is 0.546. The quantitative estimate of drug-likeness (QED) is 0.288. The Morgan fingerprint density at radius 1 is 0.652 bits per heavy atom. The normalized spacial score (nSPS) is 10.8. The van der Waals surface area contributed by atoms with Crippen LogP contribution < -0.4 is 4.74 Å². The minimum atomic E-state index is -0.341. The molecule has 0 spiro atoms. The van der Waals surface area contributed by atoms with Crippen LogP contribution in [0.5, 0.6) is 5.75 Å². The van der Waals surface area contributed by atoms with Crippen molar-refractivity contribution in [2.45, 2.75) is 0 Å². The first kappa shape index (κ1) is 13.5.